The standard InChI is InChI=1S/C13H22FNO3/c1-12(2,3)18-11(16)15-6-4-5-13(9-15)7-10(14)8-17-13/h10H,4-9H2,1-3H3. The lowest BCUT2D eigenvalue weighted by Gasteiger charge is -2.39. The average molecular weight is 259 g/mol. The fraction of sp³-hybridized carbons (Fsp3) is 0.923. The molecule has 0 bridgehead atoms. The molecule has 0 N–H and O–H groups in total. The molecule has 104 valence electrons. The van der Waals surface area contributed by atoms with Gasteiger partial charge in [-0.15, -0.1) is 0 Å². The predicted octanol–water partition coefficient (Wildman–Crippen LogP) is 2.51. The summed E-state index contributed by atoms with van der Waals surface area (Å²) in [6, 6.07) is 0. The molecule has 18 heavy (non-hydrogen) atoms. The Bertz CT molecular complexity index is 325. The molecule has 0 aromatic rings. The van der Waals surface area contributed by atoms with E-state index in [4.69, 9.17) is 9.47 Å². The van der Waals surface area contributed by atoms with Crippen molar-refractivity contribution in [3.63, 3.8) is 0 Å². The summed E-state index contributed by atoms with van der Waals surface area (Å²) >= 11 is 0. The fourth-order valence-electron chi connectivity index (χ4n) is 2.65. The van der Waals surface area contributed by atoms with Gasteiger partial charge in [0.15, 0.2) is 0 Å². The first-order valence-corrected chi connectivity index (χ1v) is 6.56. The van der Waals surface area contributed by atoms with Crippen molar-refractivity contribution in [3.8, 4) is 0 Å². The van der Waals surface area contributed by atoms with E-state index in [2.05, 4.69) is 0 Å². The van der Waals surface area contributed by atoms with Gasteiger partial charge in [-0.2, -0.15) is 0 Å². The highest BCUT2D eigenvalue weighted by molar-refractivity contribution is 5.68. The monoisotopic (exact) mass is 259 g/mol. The Morgan fingerprint density at radius 1 is 1.50 bits per heavy atom. The third kappa shape index (κ3) is 3.13. The lowest BCUT2D eigenvalue weighted by Crippen LogP contribution is -2.51. The predicted molar refractivity (Wildman–Crippen MR) is 65.2 cm³/mol. The van der Waals surface area contributed by atoms with Crippen molar-refractivity contribution >= 4 is 6.09 Å². The second-order valence-corrected chi connectivity index (χ2v) is 6.30. The normalized spacial score (nSPS) is 32.9. The Hall–Kier alpha value is -0.840. The average Bonchev–Trinajstić information content (AvgIpc) is 2.57. The van der Waals surface area contributed by atoms with Crippen LogP contribution >= 0.6 is 0 Å². The molecule has 2 fully saturated rings. The molecule has 2 aliphatic rings. The van der Waals surface area contributed by atoms with Crippen molar-refractivity contribution in [1.29, 1.82) is 0 Å². The summed E-state index contributed by atoms with van der Waals surface area (Å²) in [5.74, 6) is 0. The summed E-state index contributed by atoms with van der Waals surface area (Å²) in [5, 5.41) is 0. The molecule has 1 spiro atoms. The zero-order chi connectivity index (χ0) is 13.4. The van der Waals surface area contributed by atoms with Gasteiger partial charge in [0.2, 0.25) is 0 Å². The van der Waals surface area contributed by atoms with Gasteiger partial charge in [0.25, 0.3) is 0 Å². The van der Waals surface area contributed by atoms with Crippen LogP contribution in [0.25, 0.3) is 0 Å². The largest absolute Gasteiger partial charge is 0.444 e. The molecule has 0 aliphatic carbocycles. The minimum atomic E-state index is -0.899. The molecule has 2 unspecified atom stereocenters. The number of ether oxygens (including phenoxy) is 2. The van der Waals surface area contributed by atoms with Gasteiger partial charge in [0.05, 0.1) is 18.8 Å². The zero-order valence-electron chi connectivity index (χ0n) is 11.4. The van der Waals surface area contributed by atoms with E-state index in [1.54, 1.807) is 4.90 Å². The van der Waals surface area contributed by atoms with Gasteiger partial charge in [0.1, 0.15) is 11.8 Å². The number of halogens is 1. The third-order valence-corrected chi connectivity index (χ3v) is 3.35. The number of likely N-dealkylation sites (tertiary alicyclic amines) is 1. The van der Waals surface area contributed by atoms with Crippen molar-refractivity contribution in [1.82, 2.24) is 4.90 Å². The Morgan fingerprint density at radius 3 is 2.78 bits per heavy atom. The quantitative estimate of drug-likeness (QED) is 0.671. The van der Waals surface area contributed by atoms with Crippen LogP contribution in [0.4, 0.5) is 9.18 Å². The highest BCUT2D eigenvalue weighted by atomic mass is 19.1. The summed E-state index contributed by atoms with van der Waals surface area (Å²) in [6.45, 7) is 6.79. The summed E-state index contributed by atoms with van der Waals surface area (Å²) in [7, 11) is 0. The lowest BCUT2D eigenvalue weighted by atomic mass is 9.90. The van der Waals surface area contributed by atoms with E-state index in [0.717, 1.165) is 12.8 Å². The van der Waals surface area contributed by atoms with Gasteiger partial charge >= 0.3 is 6.09 Å². The molecule has 4 nitrogen and oxygen atoms in total. The molecule has 5 heteroatoms. The number of hydrogen-bond donors (Lipinski definition) is 0. The van der Waals surface area contributed by atoms with Crippen molar-refractivity contribution < 1.29 is 18.7 Å². The van der Waals surface area contributed by atoms with Crippen molar-refractivity contribution in [2.75, 3.05) is 19.7 Å². The molecule has 2 atom stereocenters. The van der Waals surface area contributed by atoms with Gasteiger partial charge in [-0.25, -0.2) is 9.18 Å². The van der Waals surface area contributed by atoms with Gasteiger partial charge in [0, 0.05) is 13.0 Å². The number of carbonyl (C=O) groups is 1. The molecule has 1 amide bonds. The smallest absolute Gasteiger partial charge is 0.410 e. The lowest BCUT2D eigenvalue weighted by molar-refractivity contribution is -0.0578. The first kappa shape index (κ1) is 13.6. The van der Waals surface area contributed by atoms with Gasteiger partial charge < -0.3 is 14.4 Å². The maximum absolute atomic E-state index is 13.3. The minimum Gasteiger partial charge on any atom is -0.444 e. The molecule has 0 saturated carbocycles. The SMILES string of the molecule is CC(C)(C)OC(=O)N1CCCC2(CC(F)CO2)C1. The van der Waals surface area contributed by atoms with Crippen LogP contribution < -0.4 is 0 Å². The van der Waals surface area contributed by atoms with Gasteiger partial charge in [-0.1, -0.05) is 0 Å². The molecule has 2 heterocycles. The Labute approximate surface area is 107 Å². The van der Waals surface area contributed by atoms with E-state index < -0.39 is 17.4 Å². The number of piperidine rings is 1. The van der Waals surface area contributed by atoms with Crippen LogP contribution in [0.2, 0.25) is 0 Å². The van der Waals surface area contributed by atoms with Crippen LogP contribution in [0.1, 0.15) is 40.0 Å². The summed E-state index contributed by atoms with van der Waals surface area (Å²) in [4.78, 5) is 13.6. The first-order chi connectivity index (χ1) is 8.30. The third-order valence-electron chi connectivity index (χ3n) is 3.35. The molecular weight excluding hydrogens is 237 g/mol. The molecule has 2 aliphatic heterocycles. The number of hydrogen-bond acceptors (Lipinski definition) is 3. The first-order valence-electron chi connectivity index (χ1n) is 6.56. The van der Waals surface area contributed by atoms with Crippen molar-refractivity contribution in [2.45, 2.75) is 57.4 Å². The van der Waals surface area contributed by atoms with Crippen LogP contribution in [0.3, 0.4) is 0 Å². The van der Waals surface area contributed by atoms with Crippen LogP contribution in [0.5, 0.6) is 0 Å². The molecule has 0 aromatic heterocycles. The number of nitrogens with zero attached hydrogens (tertiary/aromatic N) is 1. The van der Waals surface area contributed by atoms with Gasteiger partial charge in [-0.3, -0.25) is 0 Å². The van der Waals surface area contributed by atoms with E-state index in [1.807, 2.05) is 20.8 Å². The molecule has 2 rings (SSSR count). The fourth-order valence-corrected chi connectivity index (χ4v) is 2.65. The summed E-state index contributed by atoms with van der Waals surface area (Å²) < 4.78 is 24.2. The second-order valence-electron chi connectivity index (χ2n) is 6.30. The van der Waals surface area contributed by atoms with E-state index in [-0.39, 0.29) is 12.7 Å². The van der Waals surface area contributed by atoms with Crippen LogP contribution in [0, 0.1) is 0 Å². The van der Waals surface area contributed by atoms with Crippen LogP contribution in [-0.2, 0) is 9.47 Å². The summed E-state index contributed by atoms with van der Waals surface area (Å²) in [6.07, 6.45) is 0.835. The Balaban J connectivity index is 1.97. The van der Waals surface area contributed by atoms with Crippen LogP contribution in [-0.4, -0.2) is 48.1 Å². The Kier molecular flexibility index (Phi) is 3.54. The van der Waals surface area contributed by atoms with E-state index in [1.165, 1.54) is 0 Å². The second kappa shape index (κ2) is 4.68. The highest BCUT2D eigenvalue weighted by Crippen LogP contribution is 2.36. The van der Waals surface area contributed by atoms with Gasteiger partial charge in [-0.05, 0) is 33.6 Å². The number of rotatable bonds is 0. The highest BCUT2D eigenvalue weighted by Gasteiger charge is 2.45. The number of alkyl halides is 1. The van der Waals surface area contributed by atoms with Crippen molar-refractivity contribution in [2.24, 2.45) is 0 Å². The summed E-state index contributed by atoms with van der Waals surface area (Å²) in [5.41, 5.74) is -0.977. The number of amides is 1. The molecular formula is C13H22FNO3. The molecule has 0 radical (unpaired) electrons. The molecule has 2 saturated heterocycles. The Morgan fingerprint density at radius 2 is 2.22 bits per heavy atom. The minimum absolute atomic E-state index is 0.155. The van der Waals surface area contributed by atoms with E-state index >= 15 is 0 Å². The van der Waals surface area contributed by atoms with Crippen LogP contribution in [0.15, 0.2) is 0 Å². The molecule has 0 aromatic carbocycles. The van der Waals surface area contributed by atoms with Crippen molar-refractivity contribution in [3.05, 3.63) is 0 Å². The maximum atomic E-state index is 13.3. The maximum Gasteiger partial charge on any atom is 0.410 e. The van der Waals surface area contributed by atoms with E-state index in [9.17, 15) is 9.18 Å². The van der Waals surface area contributed by atoms with E-state index in [0.29, 0.717) is 19.5 Å². The number of carbonyl (C=O) groups excluding carboxylic acids is 1. The zero-order valence-corrected chi connectivity index (χ0v) is 11.4. The topological polar surface area (TPSA) is 38.8 Å².